The smallest absolute Gasteiger partial charge is 0.223 e. The quantitative estimate of drug-likeness (QED) is 0.462. The number of thiophene rings is 1. The molecule has 1 aliphatic rings. The summed E-state index contributed by atoms with van der Waals surface area (Å²) in [6.45, 7) is 10.6. The minimum absolute atomic E-state index is 0.0158. The fraction of sp³-hybridized carbons (Fsp3) is 0.417. The summed E-state index contributed by atoms with van der Waals surface area (Å²) in [5.74, 6) is 1.87. The fourth-order valence-electron chi connectivity index (χ4n) is 4.41. The average Bonchev–Trinajstić information content (AvgIpc) is 3.41. The molecule has 0 aliphatic carbocycles. The van der Waals surface area contributed by atoms with E-state index in [4.69, 9.17) is 4.98 Å². The second-order valence-corrected chi connectivity index (χ2v) is 10.7. The largest absolute Gasteiger partial charge is 0.338 e. The number of amides is 1. The first-order chi connectivity index (χ1) is 15.3. The number of fused-ring (bicyclic) bond motifs is 3. The van der Waals surface area contributed by atoms with Crippen LogP contribution in [0.4, 0.5) is 5.95 Å². The number of piperazine rings is 1. The van der Waals surface area contributed by atoms with Gasteiger partial charge < -0.3 is 9.80 Å². The normalized spacial score (nSPS) is 17.4. The molecule has 0 saturated carbocycles. The maximum Gasteiger partial charge on any atom is 0.223 e. The summed E-state index contributed by atoms with van der Waals surface area (Å²) in [5.41, 5.74) is 1.70. The highest BCUT2D eigenvalue weighted by atomic mass is 32.1. The molecule has 1 saturated heterocycles. The molecular formula is C24H28N6OS. The number of para-hydroxylation sites is 1. The Morgan fingerprint density at radius 1 is 1.12 bits per heavy atom. The Morgan fingerprint density at radius 2 is 1.94 bits per heavy atom. The van der Waals surface area contributed by atoms with Crippen molar-refractivity contribution in [2.24, 2.45) is 5.41 Å². The molecule has 166 valence electrons. The van der Waals surface area contributed by atoms with E-state index in [0.717, 1.165) is 46.3 Å². The molecule has 0 radical (unpaired) electrons. The summed E-state index contributed by atoms with van der Waals surface area (Å²) >= 11 is 1.64. The zero-order valence-electron chi connectivity index (χ0n) is 18.9. The van der Waals surface area contributed by atoms with Crippen molar-refractivity contribution >= 4 is 39.7 Å². The van der Waals surface area contributed by atoms with Crippen molar-refractivity contribution in [3.63, 3.8) is 0 Å². The third-order valence-electron chi connectivity index (χ3n) is 5.88. The number of hydrogen-bond donors (Lipinski definition) is 0. The average molecular weight is 449 g/mol. The number of anilines is 1. The van der Waals surface area contributed by atoms with E-state index < -0.39 is 0 Å². The maximum absolute atomic E-state index is 12.9. The van der Waals surface area contributed by atoms with Crippen LogP contribution in [-0.4, -0.2) is 56.1 Å². The second-order valence-electron chi connectivity index (χ2n) is 9.71. The van der Waals surface area contributed by atoms with E-state index >= 15 is 0 Å². The molecule has 8 heteroatoms. The SMILES string of the molecule is CC1CN(c2nc3ccccc3c3nnc(-c4cccs4)n23)CCN1C(=O)CC(C)(C)C. The van der Waals surface area contributed by atoms with Crippen molar-refractivity contribution in [2.45, 2.75) is 40.2 Å². The first-order valence-corrected chi connectivity index (χ1v) is 11.9. The molecule has 1 aliphatic heterocycles. The Labute approximate surface area is 191 Å². The zero-order chi connectivity index (χ0) is 22.5. The van der Waals surface area contributed by atoms with Gasteiger partial charge in [0.15, 0.2) is 11.5 Å². The van der Waals surface area contributed by atoms with Gasteiger partial charge in [0, 0.05) is 37.5 Å². The molecule has 4 aromatic rings. The number of hydrogen-bond acceptors (Lipinski definition) is 6. The molecule has 1 aromatic carbocycles. The Bertz CT molecular complexity index is 1270. The third-order valence-corrected chi connectivity index (χ3v) is 6.75. The van der Waals surface area contributed by atoms with E-state index in [1.54, 1.807) is 11.3 Å². The minimum Gasteiger partial charge on any atom is -0.338 e. The van der Waals surface area contributed by atoms with Gasteiger partial charge >= 0.3 is 0 Å². The Kier molecular flexibility index (Phi) is 5.12. The van der Waals surface area contributed by atoms with Gasteiger partial charge in [-0.25, -0.2) is 9.38 Å². The first-order valence-electron chi connectivity index (χ1n) is 11.0. The topological polar surface area (TPSA) is 66.6 Å². The molecule has 3 aromatic heterocycles. The van der Waals surface area contributed by atoms with Crippen LogP contribution in [0.1, 0.15) is 34.1 Å². The van der Waals surface area contributed by atoms with E-state index in [2.05, 4.69) is 53.3 Å². The summed E-state index contributed by atoms with van der Waals surface area (Å²) in [6, 6.07) is 12.2. The van der Waals surface area contributed by atoms with Crippen LogP contribution in [0.15, 0.2) is 41.8 Å². The van der Waals surface area contributed by atoms with Crippen molar-refractivity contribution in [1.29, 1.82) is 0 Å². The second kappa shape index (κ2) is 7.85. The molecule has 1 atom stereocenters. The number of carbonyl (C=O) groups excluding carboxylic acids is 1. The molecule has 1 fully saturated rings. The predicted molar refractivity (Wildman–Crippen MR) is 129 cm³/mol. The lowest BCUT2D eigenvalue weighted by Crippen LogP contribution is -2.55. The standard InChI is InChI=1S/C24H28N6OS/c1-16-15-28(11-12-29(16)20(31)14-24(2,3)4)23-25-18-9-6-5-8-17(18)21-26-27-22(30(21)23)19-10-7-13-32-19/h5-10,13,16H,11-12,14-15H2,1-4H3. The van der Waals surface area contributed by atoms with Gasteiger partial charge in [-0.3, -0.25) is 4.79 Å². The van der Waals surface area contributed by atoms with Crippen LogP contribution in [0, 0.1) is 5.41 Å². The third kappa shape index (κ3) is 3.72. The maximum atomic E-state index is 12.9. The summed E-state index contributed by atoms with van der Waals surface area (Å²) in [6.07, 6.45) is 0.559. The lowest BCUT2D eigenvalue weighted by Gasteiger charge is -2.41. The number of carbonyl (C=O) groups is 1. The van der Waals surface area contributed by atoms with Crippen molar-refractivity contribution in [3.05, 3.63) is 41.8 Å². The monoisotopic (exact) mass is 448 g/mol. The summed E-state index contributed by atoms with van der Waals surface area (Å²) in [5, 5.41) is 12.1. The van der Waals surface area contributed by atoms with Gasteiger partial charge in [-0.15, -0.1) is 21.5 Å². The van der Waals surface area contributed by atoms with E-state index in [1.165, 1.54) is 0 Å². The van der Waals surface area contributed by atoms with E-state index in [9.17, 15) is 4.79 Å². The highest BCUT2D eigenvalue weighted by molar-refractivity contribution is 7.13. The molecular weight excluding hydrogens is 420 g/mol. The van der Waals surface area contributed by atoms with Crippen LogP contribution in [0.2, 0.25) is 0 Å². The molecule has 1 unspecified atom stereocenters. The molecule has 0 N–H and O–H groups in total. The van der Waals surface area contributed by atoms with Gasteiger partial charge in [-0.1, -0.05) is 39.0 Å². The minimum atomic E-state index is -0.0158. The molecule has 32 heavy (non-hydrogen) atoms. The van der Waals surface area contributed by atoms with Gasteiger partial charge in [0.1, 0.15) is 0 Å². The molecule has 7 nitrogen and oxygen atoms in total. The molecule has 0 spiro atoms. The lowest BCUT2D eigenvalue weighted by molar-refractivity contribution is -0.135. The van der Waals surface area contributed by atoms with Crippen molar-refractivity contribution in [3.8, 4) is 10.7 Å². The van der Waals surface area contributed by atoms with Crippen molar-refractivity contribution in [1.82, 2.24) is 24.5 Å². The molecule has 0 bridgehead atoms. The van der Waals surface area contributed by atoms with Gasteiger partial charge in [0.2, 0.25) is 11.9 Å². The number of benzene rings is 1. The van der Waals surface area contributed by atoms with Crippen LogP contribution in [0.25, 0.3) is 27.3 Å². The summed E-state index contributed by atoms with van der Waals surface area (Å²) < 4.78 is 2.08. The van der Waals surface area contributed by atoms with Gasteiger partial charge in [-0.2, -0.15) is 0 Å². The van der Waals surface area contributed by atoms with Crippen molar-refractivity contribution in [2.75, 3.05) is 24.5 Å². The van der Waals surface area contributed by atoms with Gasteiger partial charge in [-0.05, 0) is 35.9 Å². The summed E-state index contributed by atoms with van der Waals surface area (Å²) in [4.78, 5) is 23.3. The Hall–Kier alpha value is -3.00. The van der Waals surface area contributed by atoms with Crippen LogP contribution in [0.5, 0.6) is 0 Å². The van der Waals surface area contributed by atoms with Gasteiger partial charge in [0.25, 0.3) is 0 Å². The number of nitrogens with zero attached hydrogens (tertiary/aromatic N) is 6. The summed E-state index contributed by atoms with van der Waals surface area (Å²) in [7, 11) is 0. The molecule has 5 rings (SSSR count). The van der Waals surface area contributed by atoms with Crippen molar-refractivity contribution < 1.29 is 4.79 Å². The van der Waals surface area contributed by atoms with E-state index in [0.29, 0.717) is 13.0 Å². The molecule has 4 heterocycles. The highest BCUT2D eigenvalue weighted by Crippen LogP contribution is 2.31. The van der Waals surface area contributed by atoms with Gasteiger partial charge in [0.05, 0.1) is 10.4 Å². The lowest BCUT2D eigenvalue weighted by atomic mass is 9.91. The number of rotatable bonds is 3. The first kappa shape index (κ1) is 20.9. The zero-order valence-corrected chi connectivity index (χ0v) is 19.8. The van der Waals surface area contributed by atoms with Crippen LogP contribution in [-0.2, 0) is 4.79 Å². The molecule has 1 amide bonds. The van der Waals surface area contributed by atoms with Crippen LogP contribution < -0.4 is 4.90 Å². The fourth-order valence-corrected chi connectivity index (χ4v) is 5.11. The highest BCUT2D eigenvalue weighted by Gasteiger charge is 2.32. The predicted octanol–water partition coefficient (Wildman–Crippen LogP) is 4.48. The number of aromatic nitrogens is 4. The van der Waals surface area contributed by atoms with Crippen LogP contribution in [0.3, 0.4) is 0 Å². The van der Waals surface area contributed by atoms with E-state index in [-0.39, 0.29) is 17.4 Å². The Morgan fingerprint density at radius 3 is 2.66 bits per heavy atom. The van der Waals surface area contributed by atoms with Crippen LogP contribution >= 0.6 is 11.3 Å². The Balaban J connectivity index is 1.55. The van der Waals surface area contributed by atoms with E-state index in [1.807, 2.05) is 40.6 Å².